The van der Waals surface area contributed by atoms with E-state index in [1.807, 2.05) is 12.1 Å². The van der Waals surface area contributed by atoms with Crippen LogP contribution in [0.4, 0.5) is 0 Å². The van der Waals surface area contributed by atoms with Crippen LogP contribution in [0.5, 0.6) is 0 Å². The van der Waals surface area contributed by atoms with E-state index in [0.717, 1.165) is 28.3 Å². The van der Waals surface area contributed by atoms with Crippen LogP contribution >= 0.6 is 27.7 Å². The summed E-state index contributed by atoms with van der Waals surface area (Å²) >= 11 is 4.78. The average Bonchev–Trinajstić information content (AvgIpc) is 2.70. The molecule has 0 unspecified atom stereocenters. The van der Waals surface area contributed by atoms with Gasteiger partial charge in [-0.2, -0.15) is 0 Å². The second-order valence-electron chi connectivity index (χ2n) is 6.88. The van der Waals surface area contributed by atoms with Gasteiger partial charge < -0.3 is 0 Å². The number of rotatable bonds is 7. The molecule has 0 aliphatic heterocycles. The lowest BCUT2D eigenvalue weighted by molar-refractivity contribution is 0.541. The lowest BCUT2D eigenvalue weighted by Crippen LogP contribution is -2.37. The zero-order valence-electron chi connectivity index (χ0n) is 16.6. The van der Waals surface area contributed by atoms with E-state index >= 15 is 0 Å². The highest BCUT2D eigenvalue weighted by atomic mass is 79.9. The number of unbranched alkanes of at least 4 members (excludes halogenated alkanes) is 2. The number of benzene rings is 1. The molecule has 0 spiro atoms. The second kappa shape index (κ2) is 9.13. The van der Waals surface area contributed by atoms with Crippen molar-refractivity contribution in [2.45, 2.75) is 43.6 Å². The molecular formula is C20H23BrN4O3S. The molecule has 3 aromatic rings. The zero-order chi connectivity index (χ0) is 21.1. The maximum atomic E-state index is 13.1. The number of halogens is 1. The third-order valence-electron chi connectivity index (χ3n) is 4.84. The third kappa shape index (κ3) is 4.56. The molecule has 2 aromatic heterocycles. The van der Waals surface area contributed by atoms with Gasteiger partial charge in [0.15, 0.2) is 5.16 Å². The van der Waals surface area contributed by atoms with E-state index in [1.54, 1.807) is 17.7 Å². The molecule has 0 atom stereocenters. The number of thioether (sulfide) groups is 1. The van der Waals surface area contributed by atoms with Gasteiger partial charge in [-0.3, -0.25) is 23.3 Å². The molecule has 0 bridgehead atoms. The van der Waals surface area contributed by atoms with Crippen molar-refractivity contribution in [3.63, 3.8) is 0 Å². The van der Waals surface area contributed by atoms with Crippen LogP contribution in [0.15, 0.2) is 48.3 Å². The van der Waals surface area contributed by atoms with Crippen LogP contribution in [0, 0.1) is 0 Å². The highest BCUT2D eigenvalue weighted by molar-refractivity contribution is 9.10. The van der Waals surface area contributed by atoms with Crippen LogP contribution in [-0.4, -0.2) is 18.7 Å². The monoisotopic (exact) mass is 478 g/mol. The Morgan fingerprint density at radius 3 is 2.55 bits per heavy atom. The highest BCUT2D eigenvalue weighted by Crippen LogP contribution is 2.23. The molecular weight excluding hydrogens is 456 g/mol. The lowest BCUT2D eigenvalue weighted by atomic mass is 10.2. The summed E-state index contributed by atoms with van der Waals surface area (Å²) in [6, 6.07) is 6.91. The predicted octanol–water partition coefficient (Wildman–Crippen LogP) is 3.04. The van der Waals surface area contributed by atoms with Crippen molar-refractivity contribution in [2.24, 2.45) is 14.1 Å². The standard InChI is InChI=1S/C20H23BrN4O3S/c1-4-5-6-9-25-18(27)15-10-13(21)7-8-16(15)22-19(25)29-12-14-11-17(26)24(3)20(28)23(14)2/h7-8,10-11H,4-6,9,12H2,1-3H3. The summed E-state index contributed by atoms with van der Waals surface area (Å²) in [4.78, 5) is 42.0. The largest absolute Gasteiger partial charge is 0.330 e. The van der Waals surface area contributed by atoms with Gasteiger partial charge in [0, 0.05) is 42.6 Å². The molecule has 2 heterocycles. The van der Waals surface area contributed by atoms with Gasteiger partial charge in [0.25, 0.3) is 11.1 Å². The predicted molar refractivity (Wildman–Crippen MR) is 120 cm³/mol. The van der Waals surface area contributed by atoms with Gasteiger partial charge in [-0.1, -0.05) is 47.5 Å². The number of hydrogen-bond acceptors (Lipinski definition) is 5. The number of hydrogen-bond donors (Lipinski definition) is 0. The van der Waals surface area contributed by atoms with E-state index in [4.69, 9.17) is 4.98 Å². The van der Waals surface area contributed by atoms with Crippen molar-refractivity contribution < 1.29 is 0 Å². The van der Waals surface area contributed by atoms with Crippen LogP contribution in [0.1, 0.15) is 31.9 Å². The molecule has 1 aromatic carbocycles. The fourth-order valence-electron chi connectivity index (χ4n) is 3.06. The van der Waals surface area contributed by atoms with Gasteiger partial charge in [0.05, 0.1) is 10.9 Å². The van der Waals surface area contributed by atoms with E-state index in [1.165, 1.54) is 29.4 Å². The minimum Gasteiger partial charge on any atom is -0.300 e. The Labute approximate surface area is 180 Å². The minimum atomic E-state index is -0.371. The van der Waals surface area contributed by atoms with Crippen molar-refractivity contribution in [2.75, 3.05) is 0 Å². The Bertz CT molecular complexity index is 1230. The molecule has 7 nitrogen and oxygen atoms in total. The van der Waals surface area contributed by atoms with Crippen molar-refractivity contribution in [3.05, 3.63) is 65.6 Å². The first-order chi connectivity index (χ1) is 13.8. The number of aromatic nitrogens is 4. The molecule has 0 radical (unpaired) electrons. The zero-order valence-corrected chi connectivity index (χ0v) is 19.0. The van der Waals surface area contributed by atoms with Gasteiger partial charge in [-0.25, -0.2) is 9.78 Å². The average molecular weight is 479 g/mol. The van der Waals surface area contributed by atoms with Crippen molar-refractivity contribution in [3.8, 4) is 0 Å². The van der Waals surface area contributed by atoms with Crippen molar-refractivity contribution in [1.29, 1.82) is 0 Å². The van der Waals surface area contributed by atoms with Crippen LogP contribution in [-0.2, 0) is 26.4 Å². The topological polar surface area (TPSA) is 78.9 Å². The number of fused-ring (bicyclic) bond motifs is 1. The molecule has 3 rings (SSSR count). The smallest absolute Gasteiger partial charge is 0.300 e. The Morgan fingerprint density at radius 2 is 1.83 bits per heavy atom. The molecule has 0 N–H and O–H groups in total. The first-order valence-corrected chi connectivity index (χ1v) is 11.2. The van der Waals surface area contributed by atoms with Crippen molar-refractivity contribution in [1.82, 2.24) is 18.7 Å². The fraction of sp³-hybridized carbons (Fsp3) is 0.400. The molecule has 154 valence electrons. The van der Waals surface area contributed by atoms with E-state index in [9.17, 15) is 14.4 Å². The van der Waals surface area contributed by atoms with Crippen molar-refractivity contribution >= 4 is 38.6 Å². The molecule has 0 aliphatic carbocycles. The summed E-state index contributed by atoms with van der Waals surface area (Å²) in [5, 5.41) is 1.16. The van der Waals surface area contributed by atoms with Gasteiger partial charge in [0.2, 0.25) is 0 Å². The highest BCUT2D eigenvalue weighted by Gasteiger charge is 2.14. The van der Waals surface area contributed by atoms with Crippen LogP contribution < -0.4 is 16.8 Å². The Morgan fingerprint density at radius 1 is 1.07 bits per heavy atom. The van der Waals surface area contributed by atoms with E-state index in [0.29, 0.717) is 34.1 Å². The molecule has 0 fully saturated rings. The summed E-state index contributed by atoms with van der Waals surface area (Å²) in [5.41, 5.74) is 0.427. The first-order valence-electron chi connectivity index (χ1n) is 9.42. The SMILES string of the molecule is CCCCCn1c(SCc2cc(=O)n(C)c(=O)n2C)nc2ccc(Br)cc2c1=O. The number of nitrogens with zero attached hydrogens (tertiary/aromatic N) is 4. The first kappa shape index (κ1) is 21.6. The molecule has 9 heteroatoms. The summed E-state index contributed by atoms with van der Waals surface area (Å²) in [5.74, 6) is 0.365. The molecule has 29 heavy (non-hydrogen) atoms. The fourth-order valence-corrected chi connectivity index (χ4v) is 4.46. The molecule has 0 amide bonds. The van der Waals surface area contributed by atoms with Crippen LogP contribution in [0.3, 0.4) is 0 Å². The second-order valence-corrected chi connectivity index (χ2v) is 8.74. The molecule has 0 aliphatic rings. The maximum absolute atomic E-state index is 13.1. The maximum Gasteiger partial charge on any atom is 0.330 e. The summed E-state index contributed by atoms with van der Waals surface area (Å²) in [7, 11) is 3.09. The lowest BCUT2D eigenvalue weighted by Gasteiger charge is -2.14. The van der Waals surface area contributed by atoms with Gasteiger partial charge >= 0.3 is 5.69 Å². The van der Waals surface area contributed by atoms with Crippen LogP contribution in [0.2, 0.25) is 0 Å². The Hall–Kier alpha value is -2.13. The van der Waals surface area contributed by atoms with Gasteiger partial charge in [-0.15, -0.1) is 0 Å². The summed E-state index contributed by atoms with van der Waals surface area (Å²) < 4.78 is 5.06. The molecule has 0 saturated heterocycles. The van der Waals surface area contributed by atoms with E-state index in [-0.39, 0.29) is 16.8 Å². The van der Waals surface area contributed by atoms with Crippen LogP contribution in [0.25, 0.3) is 10.9 Å². The van der Waals surface area contributed by atoms with Gasteiger partial charge in [-0.05, 0) is 24.6 Å². The summed E-state index contributed by atoms with van der Waals surface area (Å²) in [6.45, 7) is 2.70. The van der Waals surface area contributed by atoms with E-state index < -0.39 is 0 Å². The minimum absolute atomic E-state index is 0.0761. The van der Waals surface area contributed by atoms with Gasteiger partial charge in [0.1, 0.15) is 0 Å². The third-order valence-corrected chi connectivity index (χ3v) is 6.34. The Kier molecular flexibility index (Phi) is 6.79. The molecule has 0 saturated carbocycles. The summed E-state index contributed by atoms with van der Waals surface area (Å²) in [6.07, 6.45) is 2.96. The quantitative estimate of drug-likeness (QED) is 0.296. The normalized spacial score (nSPS) is 11.3. The Balaban J connectivity index is 2.03. The van der Waals surface area contributed by atoms with E-state index in [2.05, 4.69) is 22.9 Å².